The summed E-state index contributed by atoms with van der Waals surface area (Å²) in [5.74, 6) is -0.0319. The molecule has 3 nitrogen and oxygen atoms in total. The molecule has 1 aromatic carbocycles. The van der Waals surface area contributed by atoms with E-state index in [4.69, 9.17) is 4.74 Å². The van der Waals surface area contributed by atoms with Crippen LogP contribution < -0.4 is 4.74 Å². The molecule has 0 radical (unpaired) electrons. The molecule has 2 heterocycles. The molecule has 0 N–H and O–H groups in total. The maximum atomic E-state index is 13.1. The number of methoxy groups -OCH3 is 1. The Morgan fingerprint density at radius 2 is 2.00 bits per heavy atom. The summed E-state index contributed by atoms with van der Waals surface area (Å²) in [6, 6.07) is 13.9. The molecule has 0 aliphatic heterocycles. The standard InChI is InChI=1S/C17H11FN2OS/c1-21-17-14(10-19)13(16-3-2-8-22-16)9-15(20-17)11-4-6-12(18)7-5-11/h2-9H,1H3. The van der Waals surface area contributed by atoms with Gasteiger partial charge in [-0.05, 0) is 41.8 Å². The fourth-order valence-corrected chi connectivity index (χ4v) is 2.92. The normalized spacial score (nSPS) is 10.2. The van der Waals surface area contributed by atoms with Crippen LogP contribution in [0.15, 0.2) is 47.8 Å². The van der Waals surface area contributed by atoms with E-state index in [9.17, 15) is 9.65 Å². The lowest BCUT2D eigenvalue weighted by Gasteiger charge is -2.10. The first-order valence-electron chi connectivity index (χ1n) is 6.52. The fourth-order valence-electron chi connectivity index (χ4n) is 2.17. The van der Waals surface area contributed by atoms with Crippen LogP contribution in [0.25, 0.3) is 21.7 Å². The summed E-state index contributed by atoms with van der Waals surface area (Å²) in [6.07, 6.45) is 0. The Labute approximate surface area is 131 Å². The first-order chi connectivity index (χ1) is 10.7. The lowest BCUT2D eigenvalue weighted by Crippen LogP contribution is -1.97. The summed E-state index contributed by atoms with van der Waals surface area (Å²) in [7, 11) is 1.48. The van der Waals surface area contributed by atoms with Crippen LogP contribution in [0.2, 0.25) is 0 Å². The average molecular weight is 310 g/mol. The SMILES string of the molecule is COc1nc(-c2ccc(F)cc2)cc(-c2cccs2)c1C#N. The van der Waals surface area contributed by atoms with Crippen molar-refractivity contribution in [3.63, 3.8) is 0 Å². The van der Waals surface area contributed by atoms with E-state index in [1.54, 1.807) is 12.1 Å². The first kappa shape index (κ1) is 14.2. The molecule has 0 atom stereocenters. The molecular formula is C17H11FN2OS. The number of rotatable bonds is 3. The van der Waals surface area contributed by atoms with Gasteiger partial charge in [0, 0.05) is 16.0 Å². The van der Waals surface area contributed by atoms with Crippen LogP contribution in [0.1, 0.15) is 5.56 Å². The highest BCUT2D eigenvalue weighted by molar-refractivity contribution is 7.13. The lowest BCUT2D eigenvalue weighted by molar-refractivity contribution is 0.397. The predicted octanol–water partition coefficient (Wildman–Crippen LogP) is 4.50. The van der Waals surface area contributed by atoms with Gasteiger partial charge >= 0.3 is 0 Å². The molecular weight excluding hydrogens is 299 g/mol. The van der Waals surface area contributed by atoms with Crippen molar-refractivity contribution in [2.75, 3.05) is 7.11 Å². The minimum Gasteiger partial charge on any atom is -0.480 e. The second kappa shape index (κ2) is 5.96. The molecule has 3 aromatic rings. The van der Waals surface area contributed by atoms with Crippen molar-refractivity contribution < 1.29 is 9.13 Å². The zero-order valence-corrected chi connectivity index (χ0v) is 12.5. The molecule has 0 amide bonds. The molecule has 22 heavy (non-hydrogen) atoms. The number of nitrogens with zero attached hydrogens (tertiary/aromatic N) is 2. The number of hydrogen-bond donors (Lipinski definition) is 0. The van der Waals surface area contributed by atoms with E-state index in [0.717, 1.165) is 16.0 Å². The van der Waals surface area contributed by atoms with Crippen molar-refractivity contribution in [1.82, 2.24) is 4.98 Å². The monoisotopic (exact) mass is 310 g/mol. The van der Waals surface area contributed by atoms with Crippen molar-refractivity contribution in [3.05, 3.63) is 59.2 Å². The molecule has 5 heteroatoms. The second-order valence-corrected chi connectivity index (χ2v) is 5.48. The molecule has 0 fully saturated rings. The van der Waals surface area contributed by atoms with Crippen LogP contribution in [0.3, 0.4) is 0 Å². The quantitative estimate of drug-likeness (QED) is 0.715. The molecule has 0 unspecified atom stereocenters. The Balaban J connectivity index is 2.23. The number of benzene rings is 1. The van der Waals surface area contributed by atoms with Crippen molar-refractivity contribution in [1.29, 1.82) is 5.26 Å². The van der Waals surface area contributed by atoms with Crippen molar-refractivity contribution in [2.45, 2.75) is 0 Å². The molecule has 0 spiro atoms. The highest BCUT2D eigenvalue weighted by Crippen LogP contribution is 2.35. The highest BCUT2D eigenvalue weighted by Gasteiger charge is 2.16. The van der Waals surface area contributed by atoms with E-state index in [1.165, 1.54) is 30.6 Å². The zero-order valence-electron chi connectivity index (χ0n) is 11.7. The maximum Gasteiger partial charge on any atom is 0.232 e. The minimum absolute atomic E-state index is 0.271. The Hall–Kier alpha value is -2.71. The smallest absolute Gasteiger partial charge is 0.232 e. The third-order valence-electron chi connectivity index (χ3n) is 3.22. The van der Waals surface area contributed by atoms with Gasteiger partial charge in [-0.2, -0.15) is 5.26 Å². The first-order valence-corrected chi connectivity index (χ1v) is 7.40. The molecule has 0 saturated carbocycles. The molecule has 108 valence electrons. The van der Waals surface area contributed by atoms with E-state index in [-0.39, 0.29) is 11.7 Å². The van der Waals surface area contributed by atoms with Crippen LogP contribution >= 0.6 is 11.3 Å². The van der Waals surface area contributed by atoms with Gasteiger partial charge in [0.2, 0.25) is 5.88 Å². The molecule has 0 bridgehead atoms. The number of nitriles is 1. The van der Waals surface area contributed by atoms with Crippen LogP contribution in [-0.4, -0.2) is 12.1 Å². The Morgan fingerprint density at radius 3 is 2.59 bits per heavy atom. The molecule has 3 rings (SSSR count). The van der Waals surface area contributed by atoms with Gasteiger partial charge in [-0.15, -0.1) is 11.3 Å². The van der Waals surface area contributed by atoms with Gasteiger partial charge in [0.1, 0.15) is 17.4 Å². The van der Waals surface area contributed by atoms with Gasteiger partial charge in [0.15, 0.2) is 0 Å². The summed E-state index contributed by atoms with van der Waals surface area (Å²) >= 11 is 1.54. The van der Waals surface area contributed by atoms with Gasteiger partial charge in [-0.3, -0.25) is 0 Å². The third kappa shape index (κ3) is 2.57. The number of aromatic nitrogens is 1. The maximum absolute atomic E-state index is 13.1. The Morgan fingerprint density at radius 1 is 1.23 bits per heavy atom. The largest absolute Gasteiger partial charge is 0.480 e. The summed E-state index contributed by atoms with van der Waals surface area (Å²) < 4.78 is 18.3. The molecule has 0 saturated heterocycles. The average Bonchev–Trinajstić information content (AvgIpc) is 3.08. The van der Waals surface area contributed by atoms with Crippen molar-refractivity contribution in [3.8, 4) is 33.6 Å². The van der Waals surface area contributed by atoms with Gasteiger partial charge in [0.25, 0.3) is 0 Å². The van der Waals surface area contributed by atoms with Crippen LogP contribution in [0.5, 0.6) is 5.88 Å². The van der Waals surface area contributed by atoms with E-state index < -0.39 is 0 Å². The topological polar surface area (TPSA) is 45.9 Å². The van der Waals surface area contributed by atoms with E-state index in [1.807, 2.05) is 23.6 Å². The van der Waals surface area contributed by atoms with E-state index in [2.05, 4.69) is 11.1 Å². The predicted molar refractivity (Wildman–Crippen MR) is 84.2 cm³/mol. The fraction of sp³-hybridized carbons (Fsp3) is 0.0588. The Bertz CT molecular complexity index is 836. The van der Waals surface area contributed by atoms with Gasteiger partial charge in [-0.1, -0.05) is 6.07 Å². The summed E-state index contributed by atoms with van der Waals surface area (Å²) in [5.41, 5.74) is 2.57. The van der Waals surface area contributed by atoms with Crippen LogP contribution in [0, 0.1) is 17.1 Å². The Kier molecular flexibility index (Phi) is 3.86. The number of thiophene rings is 1. The number of ether oxygens (including phenoxy) is 1. The molecule has 0 aliphatic rings. The number of hydrogen-bond acceptors (Lipinski definition) is 4. The zero-order chi connectivity index (χ0) is 15.5. The van der Waals surface area contributed by atoms with Gasteiger partial charge < -0.3 is 4.74 Å². The summed E-state index contributed by atoms with van der Waals surface area (Å²) in [6.45, 7) is 0. The number of pyridine rings is 1. The second-order valence-electron chi connectivity index (χ2n) is 4.54. The van der Waals surface area contributed by atoms with Crippen molar-refractivity contribution >= 4 is 11.3 Å². The summed E-state index contributed by atoms with van der Waals surface area (Å²) in [4.78, 5) is 5.33. The highest BCUT2D eigenvalue weighted by atomic mass is 32.1. The van der Waals surface area contributed by atoms with Gasteiger partial charge in [-0.25, -0.2) is 9.37 Å². The summed E-state index contributed by atoms with van der Waals surface area (Å²) in [5, 5.41) is 11.4. The van der Waals surface area contributed by atoms with E-state index in [0.29, 0.717) is 11.3 Å². The third-order valence-corrected chi connectivity index (χ3v) is 4.12. The molecule has 0 aliphatic carbocycles. The van der Waals surface area contributed by atoms with Gasteiger partial charge in [0.05, 0.1) is 12.8 Å². The van der Waals surface area contributed by atoms with E-state index >= 15 is 0 Å². The minimum atomic E-state index is -0.303. The molecule has 2 aromatic heterocycles. The van der Waals surface area contributed by atoms with Crippen molar-refractivity contribution in [2.24, 2.45) is 0 Å². The van der Waals surface area contributed by atoms with Crippen LogP contribution in [-0.2, 0) is 0 Å². The lowest BCUT2D eigenvalue weighted by atomic mass is 10.0. The van der Waals surface area contributed by atoms with Crippen LogP contribution in [0.4, 0.5) is 4.39 Å². The number of halogens is 1.